The highest BCUT2D eigenvalue weighted by Gasteiger charge is 2.08. The van der Waals surface area contributed by atoms with Crippen LogP contribution in [-0.2, 0) is 0 Å². The Morgan fingerprint density at radius 2 is 1.78 bits per heavy atom. The predicted molar refractivity (Wildman–Crippen MR) is 105 cm³/mol. The van der Waals surface area contributed by atoms with Crippen molar-refractivity contribution in [3.63, 3.8) is 0 Å². The van der Waals surface area contributed by atoms with E-state index in [-0.39, 0.29) is 5.91 Å². The van der Waals surface area contributed by atoms with Gasteiger partial charge in [-0.3, -0.25) is 9.20 Å². The average Bonchev–Trinajstić information content (AvgIpc) is 3.11. The smallest absolute Gasteiger partial charge is 0.255 e. The lowest BCUT2D eigenvalue weighted by atomic mass is 10.0. The average molecular weight is 352 g/mol. The molecule has 1 amide bonds. The van der Waals surface area contributed by atoms with E-state index in [0.717, 1.165) is 22.5 Å². The molecule has 27 heavy (non-hydrogen) atoms. The quantitative estimate of drug-likeness (QED) is 0.560. The second kappa shape index (κ2) is 7.14. The topological polar surface area (TPSA) is 59.3 Å². The van der Waals surface area contributed by atoms with E-state index in [2.05, 4.69) is 27.4 Å². The molecular weight excluding hydrogens is 336 g/mol. The van der Waals surface area contributed by atoms with Crippen LogP contribution < -0.4 is 5.32 Å². The standard InChI is InChI=1S/C22H16N4O/c1-16-10-11-18(22(27)23-19-7-3-2-4-8-19)15-17(16)12-13-21-25-24-20-9-5-6-14-26(20)21/h2-11,14-15H,1H3,(H,23,27). The van der Waals surface area contributed by atoms with Gasteiger partial charge in [0.05, 0.1) is 0 Å². The molecule has 5 heteroatoms. The molecule has 130 valence electrons. The lowest BCUT2D eigenvalue weighted by molar-refractivity contribution is 0.102. The SMILES string of the molecule is Cc1ccc(C(=O)Nc2ccccc2)cc1C#Cc1nnc2ccccn12. The van der Waals surface area contributed by atoms with E-state index in [4.69, 9.17) is 0 Å². The van der Waals surface area contributed by atoms with Gasteiger partial charge in [0.25, 0.3) is 5.91 Å². The zero-order valence-corrected chi connectivity index (χ0v) is 14.7. The van der Waals surface area contributed by atoms with Crippen molar-refractivity contribution in [1.82, 2.24) is 14.6 Å². The summed E-state index contributed by atoms with van der Waals surface area (Å²) in [5, 5.41) is 11.1. The summed E-state index contributed by atoms with van der Waals surface area (Å²) in [6.45, 7) is 1.96. The van der Waals surface area contributed by atoms with Gasteiger partial charge in [-0.25, -0.2) is 0 Å². The molecule has 0 saturated heterocycles. The molecule has 0 fully saturated rings. The van der Waals surface area contributed by atoms with Gasteiger partial charge < -0.3 is 5.32 Å². The minimum absolute atomic E-state index is 0.169. The van der Waals surface area contributed by atoms with Crippen LogP contribution in [0.5, 0.6) is 0 Å². The van der Waals surface area contributed by atoms with Crippen molar-refractivity contribution in [2.45, 2.75) is 6.92 Å². The number of benzene rings is 2. The lowest BCUT2D eigenvalue weighted by Gasteiger charge is -2.06. The predicted octanol–water partition coefficient (Wildman–Crippen LogP) is 3.69. The summed E-state index contributed by atoms with van der Waals surface area (Å²) in [4.78, 5) is 12.5. The highest BCUT2D eigenvalue weighted by atomic mass is 16.1. The van der Waals surface area contributed by atoms with Crippen LogP contribution in [0.3, 0.4) is 0 Å². The lowest BCUT2D eigenvalue weighted by Crippen LogP contribution is -2.12. The Hall–Kier alpha value is -3.91. The van der Waals surface area contributed by atoms with E-state index in [0.29, 0.717) is 11.4 Å². The maximum atomic E-state index is 12.5. The third-order valence-corrected chi connectivity index (χ3v) is 4.15. The third-order valence-electron chi connectivity index (χ3n) is 4.15. The second-order valence-electron chi connectivity index (χ2n) is 6.05. The van der Waals surface area contributed by atoms with Crippen molar-refractivity contribution in [3.05, 3.63) is 95.4 Å². The molecule has 0 aliphatic heterocycles. The van der Waals surface area contributed by atoms with Crippen LogP contribution in [0, 0.1) is 18.8 Å². The fourth-order valence-electron chi connectivity index (χ4n) is 2.67. The molecule has 2 aromatic heterocycles. The van der Waals surface area contributed by atoms with Crippen molar-refractivity contribution in [1.29, 1.82) is 0 Å². The first kappa shape index (κ1) is 16.6. The zero-order valence-electron chi connectivity index (χ0n) is 14.7. The third kappa shape index (κ3) is 3.55. The number of carbonyl (C=O) groups excluding carboxylic acids is 1. The van der Waals surface area contributed by atoms with E-state index in [1.807, 2.05) is 72.1 Å². The highest BCUT2D eigenvalue weighted by molar-refractivity contribution is 6.04. The Kier molecular flexibility index (Phi) is 4.38. The minimum Gasteiger partial charge on any atom is -0.322 e. The Morgan fingerprint density at radius 1 is 0.963 bits per heavy atom. The Morgan fingerprint density at radius 3 is 2.63 bits per heavy atom. The van der Waals surface area contributed by atoms with Gasteiger partial charge in [0, 0.05) is 23.0 Å². The van der Waals surface area contributed by atoms with Crippen LogP contribution in [0.15, 0.2) is 72.9 Å². The number of carbonyl (C=O) groups is 1. The summed E-state index contributed by atoms with van der Waals surface area (Å²) in [6, 6.07) is 20.5. The summed E-state index contributed by atoms with van der Waals surface area (Å²) in [6.07, 6.45) is 1.87. The number of aryl methyl sites for hydroxylation is 1. The van der Waals surface area contributed by atoms with Crippen LogP contribution in [0.4, 0.5) is 5.69 Å². The molecule has 2 aromatic carbocycles. The van der Waals surface area contributed by atoms with Crippen molar-refractivity contribution in [2.24, 2.45) is 0 Å². The number of fused-ring (bicyclic) bond motifs is 1. The van der Waals surface area contributed by atoms with Crippen LogP contribution >= 0.6 is 0 Å². The van der Waals surface area contributed by atoms with Gasteiger partial charge in [-0.05, 0) is 54.8 Å². The van der Waals surface area contributed by atoms with Gasteiger partial charge >= 0.3 is 0 Å². The molecule has 0 spiro atoms. The van der Waals surface area contributed by atoms with E-state index in [9.17, 15) is 4.79 Å². The number of hydrogen-bond acceptors (Lipinski definition) is 3. The summed E-state index contributed by atoms with van der Waals surface area (Å²) in [5.74, 6) is 6.55. The van der Waals surface area contributed by atoms with Crippen molar-refractivity contribution in [2.75, 3.05) is 5.32 Å². The summed E-state index contributed by atoms with van der Waals surface area (Å²) in [7, 11) is 0. The van der Waals surface area contributed by atoms with Crippen LogP contribution in [0.25, 0.3) is 5.65 Å². The van der Waals surface area contributed by atoms with Crippen LogP contribution in [-0.4, -0.2) is 20.5 Å². The zero-order chi connectivity index (χ0) is 18.6. The number of amides is 1. The summed E-state index contributed by atoms with van der Waals surface area (Å²) < 4.78 is 1.83. The van der Waals surface area contributed by atoms with Crippen molar-refractivity contribution in [3.8, 4) is 11.8 Å². The number of aromatic nitrogens is 3. The molecule has 0 saturated carbocycles. The highest BCUT2D eigenvalue weighted by Crippen LogP contribution is 2.13. The van der Waals surface area contributed by atoms with Gasteiger partial charge in [0.2, 0.25) is 5.82 Å². The number of rotatable bonds is 2. The number of nitrogens with zero attached hydrogens (tertiary/aromatic N) is 3. The van der Waals surface area contributed by atoms with Crippen molar-refractivity contribution < 1.29 is 4.79 Å². The number of nitrogens with one attached hydrogen (secondary N) is 1. The first-order valence-corrected chi connectivity index (χ1v) is 8.49. The van der Waals surface area contributed by atoms with Crippen LogP contribution in [0.1, 0.15) is 27.3 Å². The van der Waals surface area contributed by atoms with E-state index in [1.165, 1.54) is 0 Å². The molecule has 0 unspecified atom stereocenters. The molecule has 1 N–H and O–H groups in total. The van der Waals surface area contributed by atoms with E-state index < -0.39 is 0 Å². The summed E-state index contributed by atoms with van der Waals surface area (Å²) in [5.41, 5.74) is 3.83. The van der Waals surface area contributed by atoms with E-state index in [1.54, 1.807) is 12.1 Å². The van der Waals surface area contributed by atoms with E-state index >= 15 is 0 Å². The Labute approximate surface area is 156 Å². The first-order valence-electron chi connectivity index (χ1n) is 8.49. The minimum atomic E-state index is -0.169. The maximum absolute atomic E-state index is 12.5. The number of pyridine rings is 1. The molecule has 0 aliphatic rings. The molecule has 4 aromatic rings. The number of hydrogen-bond donors (Lipinski definition) is 1. The number of anilines is 1. The molecule has 4 rings (SSSR count). The molecule has 0 radical (unpaired) electrons. The monoisotopic (exact) mass is 352 g/mol. The van der Waals surface area contributed by atoms with Crippen LogP contribution in [0.2, 0.25) is 0 Å². The van der Waals surface area contributed by atoms with Crippen molar-refractivity contribution >= 4 is 17.2 Å². The Balaban J connectivity index is 1.63. The molecule has 5 nitrogen and oxygen atoms in total. The Bertz CT molecular complexity index is 1180. The molecular formula is C22H16N4O. The molecule has 2 heterocycles. The molecule has 0 aliphatic carbocycles. The second-order valence-corrected chi connectivity index (χ2v) is 6.05. The number of para-hydroxylation sites is 1. The fourth-order valence-corrected chi connectivity index (χ4v) is 2.67. The molecule has 0 bridgehead atoms. The molecule has 0 atom stereocenters. The maximum Gasteiger partial charge on any atom is 0.255 e. The summed E-state index contributed by atoms with van der Waals surface area (Å²) >= 11 is 0. The largest absolute Gasteiger partial charge is 0.322 e. The van der Waals surface area contributed by atoms with Gasteiger partial charge in [-0.15, -0.1) is 10.2 Å². The van der Waals surface area contributed by atoms with Gasteiger partial charge in [-0.1, -0.05) is 36.3 Å². The van der Waals surface area contributed by atoms with Gasteiger partial charge in [0.15, 0.2) is 5.65 Å². The first-order chi connectivity index (χ1) is 13.2. The van der Waals surface area contributed by atoms with Gasteiger partial charge in [0.1, 0.15) is 0 Å². The van der Waals surface area contributed by atoms with Gasteiger partial charge in [-0.2, -0.15) is 0 Å². The fraction of sp³-hybridized carbons (Fsp3) is 0.0455. The normalized spacial score (nSPS) is 10.3.